The van der Waals surface area contributed by atoms with Crippen LogP contribution in [0.25, 0.3) is 72.1 Å². The van der Waals surface area contributed by atoms with E-state index in [2.05, 4.69) is 76.3 Å². The van der Waals surface area contributed by atoms with Crippen LogP contribution in [0.2, 0.25) is 0 Å². The Hall–Kier alpha value is -5.42. The van der Waals surface area contributed by atoms with Gasteiger partial charge in [0.1, 0.15) is 5.58 Å². The average molecular weight is 785 g/mol. The fourth-order valence-electron chi connectivity index (χ4n) is 6.14. The van der Waals surface area contributed by atoms with E-state index in [1.165, 1.54) is 0 Å². The molecule has 4 aromatic heterocycles. The molecule has 4 heterocycles. The van der Waals surface area contributed by atoms with Gasteiger partial charge < -0.3 is 14.0 Å². The zero-order valence-corrected chi connectivity index (χ0v) is 28.1. The van der Waals surface area contributed by atoms with Crippen LogP contribution in [0.4, 0.5) is 0 Å². The molecule has 0 saturated heterocycles. The Balaban J connectivity index is 0.000000228. The summed E-state index contributed by atoms with van der Waals surface area (Å²) in [6, 6.07) is 49.3. The fraction of sp³-hybridized carbons (Fsp3) is 0.0488. The van der Waals surface area contributed by atoms with Crippen LogP contribution in [-0.4, -0.2) is 19.5 Å². The number of para-hydroxylation sites is 1. The van der Waals surface area contributed by atoms with Crippen molar-refractivity contribution in [2.24, 2.45) is 0 Å². The van der Waals surface area contributed by atoms with Crippen molar-refractivity contribution in [1.82, 2.24) is 19.5 Å². The molecule has 229 valence electrons. The van der Waals surface area contributed by atoms with Crippen LogP contribution in [-0.2, 0) is 20.1 Å². The summed E-state index contributed by atoms with van der Waals surface area (Å²) >= 11 is 0. The van der Waals surface area contributed by atoms with Crippen LogP contribution < -0.4 is 0 Å². The van der Waals surface area contributed by atoms with E-state index >= 15 is 0 Å². The quantitative estimate of drug-likeness (QED) is 0.168. The topological polar surface area (TPSA) is 56.7 Å². The van der Waals surface area contributed by atoms with Crippen molar-refractivity contribution in [1.29, 1.82) is 0 Å². The number of rotatable bonds is 3. The molecule has 0 saturated carbocycles. The molecule has 6 heteroatoms. The van der Waals surface area contributed by atoms with Gasteiger partial charge in [-0.3, -0.25) is 9.97 Å². The molecule has 9 rings (SSSR count). The van der Waals surface area contributed by atoms with Gasteiger partial charge in [0.05, 0.1) is 28.1 Å². The Labute approximate surface area is 285 Å². The summed E-state index contributed by atoms with van der Waals surface area (Å²) in [5.41, 5.74) is 9.38. The van der Waals surface area contributed by atoms with Gasteiger partial charge in [-0.15, -0.1) is 54.1 Å². The maximum Gasteiger partial charge on any atom is 0.128 e. The molecule has 0 amide bonds. The minimum Gasteiger partial charge on any atom is -0.500 e. The van der Waals surface area contributed by atoms with E-state index in [0.29, 0.717) is 0 Å². The largest absolute Gasteiger partial charge is 0.500 e. The summed E-state index contributed by atoms with van der Waals surface area (Å²) < 4.78 is 8.77. The molecular weight excluding hydrogens is 757 g/mol. The molecule has 0 fully saturated rings. The summed E-state index contributed by atoms with van der Waals surface area (Å²) in [6.45, 7) is 4.04. The summed E-state index contributed by atoms with van der Waals surface area (Å²) in [5.74, 6) is 0.797. The first-order valence-electron chi connectivity index (χ1n) is 15.2. The predicted octanol–water partition coefficient (Wildman–Crippen LogP) is 10.1. The van der Waals surface area contributed by atoms with Crippen molar-refractivity contribution in [3.8, 4) is 28.3 Å². The summed E-state index contributed by atoms with van der Waals surface area (Å²) in [7, 11) is 0. The number of hydrogen-bond acceptors (Lipinski definition) is 4. The molecule has 0 aliphatic heterocycles. The number of pyridine rings is 2. The first-order chi connectivity index (χ1) is 22.7. The van der Waals surface area contributed by atoms with E-state index in [0.717, 1.165) is 83.5 Å². The number of aromatic nitrogens is 4. The Bertz CT molecular complexity index is 2450. The molecule has 0 spiro atoms. The van der Waals surface area contributed by atoms with E-state index in [4.69, 9.17) is 14.4 Å². The third kappa shape index (κ3) is 5.52. The van der Waals surface area contributed by atoms with Gasteiger partial charge in [0, 0.05) is 48.5 Å². The number of aryl methyl sites for hydroxylation is 2. The second kappa shape index (κ2) is 12.8. The second-order valence-electron chi connectivity index (χ2n) is 11.2. The number of hydrogen-bond donors (Lipinski definition) is 0. The van der Waals surface area contributed by atoms with Gasteiger partial charge in [0.15, 0.2) is 0 Å². The van der Waals surface area contributed by atoms with Gasteiger partial charge in [-0.2, -0.15) is 0 Å². The van der Waals surface area contributed by atoms with Gasteiger partial charge in [-0.25, -0.2) is 0 Å². The number of fused-ring (bicyclic) bond motifs is 6. The smallest absolute Gasteiger partial charge is 0.128 e. The third-order valence-electron chi connectivity index (χ3n) is 8.15. The first-order valence-corrected chi connectivity index (χ1v) is 15.2. The molecule has 0 atom stereocenters. The Morgan fingerprint density at radius 1 is 0.660 bits per heavy atom. The van der Waals surface area contributed by atoms with Crippen molar-refractivity contribution in [3.63, 3.8) is 0 Å². The molecule has 47 heavy (non-hydrogen) atoms. The predicted molar refractivity (Wildman–Crippen MR) is 186 cm³/mol. The Kier molecular flexibility index (Phi) is 8.21. The van der Waals surface area contributed by atoms with Crippen molar-refractivity contribution < 1.29 is 24.5 Å². The summed E-state index contributed by atoms with van der Waals surface area (Å²) in [4.78, 5) is 14.0. The Morgan fingerprint density at radius 3 is 2.26 bits per heavy atom. The summed E-state index contributed by atoms with van der Waals surface area (Å²) in [6.07, 6.45) is 1.79. The fourth-order valence-corrected chi connectivity index (χ4v) is 6.14. The molecule has 0 bridgehead atoms. The van der Waals surface area contributed by atoms with Crippen LogP contribution in [0, 0.1) is 26.0 Å². The summed E-state index contributed by atoms with van der Waals surface area (Å²) in [5, 5.41) is 4.43. The van der Waals surface area contributed by atoms with E-state index in [-0.39, 0.29) is 20.1 Å². The number of furan rings is 1. The van der Waals surface area contributed by atoms with Crippen molar-refractivity contribution in [2.45, 2.75) is 13.8 Å². The van der Waals surface area contributed by atoms with Gasteiger partial charge >= 0.3 is 0 Å². The molecule has 0 N–H and O–H groups in total. The third-order valence-corrected chi connectivity index (χ3v) is 8.15. The number of imidazole rings is 1. The molecule has 0 aliphatic rings. The van der Waals surface area contributed by atoms with Crippen molar-refractivity contribution in [2.75, 3.05) is 0 Å². The molecule has 5 aromatic carbocycles. The molecule has 0 aliphatic carbocycles. The van der Waals surface area contributed by atoms with Crippen molar-refractivity contribution >= 4 is 43.7 Å². The number of benzene rings is 5. The number of nitrogens with zero attached hydrogens (tertiary/aromatic N) is 4. The SMILES string of the molecule is Cc1cc2nc(-c3[c-]ccc4c3oc3c5ccccc5ccc43)n(-c3ccccc3)c2c(C)n1.[Ir].[c-]1ccccc1-c1ccccn1. The Morgan fingerprint density at radius 2 is 1.45 bits per heavy atom. The van der Waals surface area contributed by atoms with Crippen LogP contribution in [0.5, 0.6) is 0 Å². The molecule has 9 aromatic rings. The molecule has 1 radical (unpaired) electrons. The molecular formula is C41H28IrN4O-2. The first kappa shape index (κ1) is 30.2. The minimum atomic E-state index is 0. The van der Waals surface area contributed by atoms with Crippen LogP contribution in [0.1, 0.15) is 11.4 Å². The van der Waals surface area contributed by atoms with Crippen molar-refractivity contribution in [3.05, 3.63) is 157 Å². The average Bonchev–Trinajstić information content (AvgIpc) is 3.69. The van der Waals surface area contributed by atoms with E-state index < -0.39 is 0 Å². The minimum absolute atomic E-state index is 0. The van der Waals surface area contributed by atoms with Gasteiger partial charge in [-0.05, 0) is 49.2 Å². The van der Waals surface area contributed by atoms with E-state index in [1.54, 1.807) is 6.20 Å². The monoisotopic (exact) mass is 785 g/mol. The van der Waals surface area contributed by atoms with Crippen LogP contribution >= 0.6 is 0 Å². The maximum absolute atomic E-state index is 6.59. The molecule has 0 unspecified atom stereocenters. The van der Waals surface area contributed by atoms with E-state index in [9.17, 15) is 0 Å². The van der Waals surface area contributed by atoms with Crippen LogP contribution in [0.15, 0.2) is 138 Å². The second-order valence-corrected chi connectivity index (χ2v) is 11.2. The molecule has 5 nitrogen and oxygen atoms in total. The standard InChI is InChI=1S/C30H20N3O.C11H8N.Ir/c1-18-17-26-27(19(2)31-18)33(21-10-4-3-5-11-21)30(32-26)25-14-8-13-23-24-16-15-20-9-6-7-12-22(20)28(24)34-29(23)25;1-2-6-10(7-3-1)11-8-4-5-9-12-11;/h3-13,15-17H,1-2H3;1-6,8-9H;/q2*-1;. The van der Waals surface area contributed by atoms with E-state index in [1.807, 2.05) is 86.6 Å². The van der Waals surface area contributed by atoms with Gasteiger partial charge in [0.25, 0.3) is 0 Å². The van der Waals surface area contributed by atoms with Gasteiger partial charge in [0.2, 0.25) is 0 Å². The van der Waals surface area contributed by atoms with Gasteiger partial charge in [-0.1, -0.05) is 77.7 Å². The maximum atomic E-state index is 6.59. The normalized spacial score (nSPS) is 11.0. The zero-order valence-electron chi connectivity index (χ0n) is 25.7. The zero-order chi connectivity index (χ0) is 31.0. The van der Waals surface area contributed by atoms with Crippen LogP contribution in [0.3, 0.4) is 0 Å².